The molecule has 3 amide bonds. The van der Waals surface area contributed by atoms with Gasteiger partial charge in [0.05, 0.1) is 20.8 Å². The number of methoxy groups -OCH3 is 1. The van der Waals surface area contributed by atoms with Gasteiger partial charge in [0, 0.05) is 11.1 Å². The minimum atomic E-state index is -0.479. The van der Waals surface area contributed by atoms with Crippen LogP contribution in [-0.2, 0) is 11.3 Å². The maximum atomic E-state index is 12.0. The first-order valence-corrected chi connectivity index (χ1v) is 8.37. The van der Waals surface area contributed by atoms with Gasteiger partial charge < -0.3 is 19.7 Å². The second kappa shape index (κ2) is 9.27. The summed E-state index contributed by atoms with van der Waals surface area (Å²) in [6.45, 7) is 8.86. The van der Waals surface area contributed by atoms with Gasteiger partial charge in [0.2, 0.25) is 0 Å². The van der Waals surface area contributed by atoms with Crippen LogP contribution in [0, 0.1) is 0 Å². The van der Waals surface area contributed by atoms with Crippen LogP contribution in [0.4, 0.5) is 4.79 Å². The fourth-order valence-electron chi connectivity index (χ4n) is 2.32. The number of likely N-dealkylation sites (N-methyl/N-ethyl adjacent to an activating group) is 1. The second-order valence-corrected chi connectivity index (χ2v) is 6.98. The van der Waals surface area contributed by atoms with Crippen molar-refractivity contribution in [2.45, 2.75) is 39.8 Å². The van der Waals surface area contributed by atoms with Crippen molar-refractivity contribution in [3.63, 3.8) is 0 Å². The highest BCUT2D eigenvalue weighted by molar-refractivity contribution is 5.94. The van der Waals surface area contributed by atoms with Crippen LogP contribution >= 0.6 is 0 Å². The zero-order valence-electron chi connectivity index (χ0n) is 16.0. The molecule has 0 aliphatic carbocycles. The molecule has 1 unspecified atom stereocenters. The fourth-order valence-corrected chi connectivity index (χ4v) is 2.32. The van der Waals surface area contributed by atoms with Crippen LogP contribution in [0.15, 0.2) is 18.2 Å². The van der Waals surface area contributed by atoms with Crippen molar-refractivity contribution in [3.8, 4) is 11.5 Å². The van der Waals surface area contributed by atoms with E-state index >= 15 is 0 Å². The maximum Gasteiger partial charge on any atom is 0.322 e. The zero-order chi connectivity index (χ0) is 19.0. The SMILES string of the molecule is CCOc1ccc(C[NH+](C)CC(=O)NC(=O)NC(C)(C)C)cc1OC. The van der Waals surface area contributed by atoms with Crippen molar-refractivity contribution in [1.82, 2.24) is 10.6 Å². The van der Waals surface area contributed by atoms with E-state index in [1.54, 1.807) is 7.11 Å². The number of imide groups is 1. The highest BCUT2D eigenvalue weighted by Gasteiger charge is 2.18. The monoisotopic (exact) mass is 352 g/mol. The number of ether oxygens (including phenoxy) is 2. The summed E-state index contributed by atoms with van der Waals surface area (Å²) in [5.41, 5.74) is 0.631. The number of benzene rings is 1. The average Bonchev–Trinajstić information content (AvgIpc) is 2.46. The molecular formula is C18H30N3O4+. The van der Waals surface area contributed by atoms with E-state index in [0.717, 1.165) is 10.5 Å². The highest BCUT2D eigenvalue weighted by Crippen LogP contribution is 2.27. The molecule has 7 nitrogen and oxygen atoms in total. The molecule has 0 spiro atoms. The summed E-state index contributed by atoms with van der Waals surface area (Å²) < 4.78 is 10.8. The fraction of sp³-hybridized carbons (Fsp3) is 0.556. The van der Waals surface area contributed by atoms with E-state index in [4.69, 9.17) is 9.47 Å². The molecule has 0 bridgehead atoms. The minimum absolute atomic E-state index is 0.188. The summed E-state index contributed by atoms with van der Waals surface area (Å²) >= 11 is 0. The van der Waals surface area contributed by atoms with Gasteiger partial charge in [0.1, 0.15) is 6.54 Å². The van der Waals surface area contributed by atoms with Crippen LogP contribution in [0.2, 0.25) is 0 Å². The molecule has 3 N–H and O–H groups in total. The van der Waals surface area contributed by atoms with Crippen LogP contribution in [0.5, 0.6) is 11.5 Å². The molecule has 0 aliphatic rings. The van der Waals surface area contributed by atoms with Crippen LogP contribution in [0.3, 0.4) is 0 Å². The van der Waals surface area contributed by atoms with Gasteiger partial charge in [-0.05, 0) is 45.9 Å². The maximum absolute atomic E-state index is 12.0. The van der Waals surface area contributed by atoms with Gasteiger partial charge in [0.15, 0.2) is 18.0 Å². The molecule has 25 heavy (non-hydrogen) atoms. The predicted molar refractivity (Wildman–Crippen MR) is 96.0 cm³/mol. The molecular weight excluding hydrogens is 322 g/mol. The molecule has 1 aromatic rings. The number of hydrogen-bond acceptors (Lipinski definition) is 4. The van der Waals surface area contributed by atoms with Gasteiger partial charge in [-0.1, -0.05) is 0 Å². The first kappa shape index (κ1) is 20.8. The lowest BCUT2D eigenvalue weighted by atomic mass is 10.1. The van der Waals surface area contributed by atoms with Gasteiger partial charge in [0.25, 0.3) is 5.91 Å². The molecule has 0 fully saturated rings. The lowest BCUT2D eigenvalue weighted by Crippen LogP contribution is -3.09. The first-order valence-electron chi connectivity index (χ1n) is 8.37. The van der Waals surface area contributed by atoms with E-state index in [0.29, 0.717) is 24.7 Å². The smallest absolute Gasteiger partial charge is 0.322 e. The molecule has 0 saturated heterocycles. The summed E-state index contributed by atoms with van der Waals surface area (Å²) in [5, 5.41) is 5.04. The third-order valence-electron chi connectivity index (χ3n) is 3.24. The Kier molecular flexibility index (Phi) is 7.70. The summed E-state index contributed by atoms with van der Waals surface area (Å²) in [6.07, 6.45) is 0. The van der Waals surface area contributed by atoms with Gasteiger partial charge in [-0.15, -0.1) is 0 Å². The molecule has 7 heteroatoms. The molecule has 0 heterocycles. The number of nitrogens with one attached hydrogen (secondary N) is 3. The topological polar surface area (TPSA) is 81.1 Å². The Morgan fingerprint density at radius 2 is 1.88 bits per heavy atom. The van der Waals surface area contributed by atoms with Gasteiger partial charge in [-0.3, -0.25) is 10.1 Å². The molecule has 140 valence electrons. The number of urea groups is 1. The molecule has 1 atom stereocenters. The molecule has 0 saturated carbocycles. The third-order valence-corrected chi connectivity index (χ3v) is 3.24. The lowest BCUT2D eigenvalue weighted by molar-refractivity contribution is -0.885. The van der Waals surface area contributed by atoms with Crippen LogP contribution in [0.1, 0.15) is 33.3 Å². The number of hydrogen-bond donors (Lipinski definition) is 3. The Morgan fingerprint density at radius 3 is 2.44 bits per heavy atom. The molecule has 1 rings (SSSR count). The Hall–Kier alpha value is -2.28. The van der Waals surface area contributed by atoms with Crippen LogP contribution in [-0.4, -0.2) is 44.8 Å². The third kappa shape index (κ3) is 7.89. The van der Waals surface area contributed by atoms with E-state index in [9.17, 15) is 9.59 Å². The van der Waals surface area contributed by atoms with Crippen LogP contribution in [0.25, 0.3) is 0 Å². The summed E-state index contributed by atoms with van der Waals surface area (Å²) in [7, 11) is 3.49. The van der Waals surface area contributed by atoms with Gasteiger partial charge >= 0.3 is 6.03 Å². The number of rotatable bonds is 7. The Labute approximate surface area is 149 Å². The normalized spacial score (nSPS) is 12.2. The van der Waals surface area contributed by atoms with Gasteiger partial charge in [-0.2, -0.15) is 0 Å². The number of amides is 3. The Balaban J connectivity index is 2.57. The first-order chi connectivity index (χ1) is 11.6. The highest BCUT2D eigenvalue weighted by atomic mass is 16.5. The molecule has 0 radical (unpaired) electrons. The van der Waals surface area contributed by atoms with Crippen molar-refractivity contribution >= 4 is 11.9 Å². The predicted octanol–water partition coefficient (Wildman–Crippen LogP) is 0.733. The quantitative estimate of drug-likeness (QED) is 0.676. The Morgan fingerprint density at radius 1 is 1.20 bits per heavy atom. The summed E-state index contributed by atoms with van der Waals surface area (Å²) in [5.74, 6) is 1.04. The molecule has 1 aromatic carbocycles. The summed E-state index contributed by atoms with van der Waals surface area (Å²) in [4.78, 5) is 24.6. The minimum Gasteiger partial charge on any atom is -0.493 e. The standard InChI is InChI=1S/C18H29N3O4/c1-7-25-14-9-8-13(10-15(14)24-6)11-21(5)12-16(22)19-17(23)20-18(2,3)4/h8-10H,7,11-12H2,1-6H3,(H2,19,20,22,23)/p+1. The van der Waals surface area contributed by atoms with E-state index < -0.39 is 6.03 Å². The second-order valence-electron chi connectivity index (χ2n) is 6.98. The van der Waals surface area contributed by atoms with Crippen molar-refractivity contribution < 1.29 is 24.0 Å². The van der Waals surface area contributed by atoms with E-state index in [1.807, 2.05) is 52.9 Å². The number of quaternary nitrogens is 1. The van der Waals surface area contributed by atoms with Crippen molar-refractivity contribution in [1.29, 1.82) is 0 Å². The van der Waals surface area contributed by atoms with Gasteiger partial charge in [-0.25, -0.2) is 4.79 Å². The summed E-state index contributed by atoms with van der Waals surface area (Å²) in [6, 6.07) is 5.23. The number of carbonyl (C=O) groups is 2. The van der Waals surface area contributed by atoms with E-state index in [2.05, 4.69) is 10.6 Å². The Bertz CT molecular complexity index is 596. The van der Waals surface area contributed by atoms with E-state index in [1.165, 1.54) is 0 Å². The largest absolute Gasteiger partial charge is 0.493 e. The average molecular weight is 352 g/mol. The van der Waals surface area contributed by atoms with Crippen molar-refractivity contribution in [2.24, 2.45) is 0 Å². The van der Waals surface area contributed by atoms with Crippen LogP contribution < -0.4 is 25.0 Å². The molecule has 0 aromatic heterocycles. The van der Waals surface area contributed by atoms with Crippen molar-refractivity contribution in [2.75, 3.05) is 27.3 Å². The molecule has 0 aliphatic heterocycles. The lowest BCUT2D eigenvalue weighted by Gasteiger charge is -2.20. The van der Waals surface area contributed by atoms with E-state index in [-0.39, 0.29) is 18.0 Å². The number of carbonyl (C=O) groups excluding carboxylic acids is 2. The van der Waals surface area contributed by atoms with Crippen molar-refractivity contribution in [3.05, 3.63) is 23.8 Å². The zero-order valence-corrected chi connectivity index (χ0v) is 16.0.